The number of rotatable bonds is 6. The minimum absolute atomic E-state index is 0.0132. The topological polar surface area (TPSA) is 38.3 Å². The number of hydrogen-bond donors (Lipinski definition) is 1. The largest absolute Gasteiger partial charge is 0.496 e. The quantitative estimate of drug-likeness (QED) is 0.616. The first kappa shape index (κ1) is 18.3. The summed E-state index contributed by atoms with van der Waals surface area (Å²) in [7, 11) is 1.65. The lowest BCUT2D eigenvalue weighted by molar-refractivity contribution is -0.119. The average molecular weight is 365 g/mol. The Hall–Kier alpha value is -2.46. The Labute approximate surface area is 158 Å². The first-order valence-electron chi connectivity index (χ1n) is 8.62. The van der Waals surface area contributed by atoms with Gasteiger partial charge in [-0.05, 0) is 42.8 Å². The van der Waals surface area contributed by atoms with Crippen LogP contribution in [-0.2, 0) is 4.79 Å². The molecule has 26 heavy (non-hydrogen) atoms. The lowest BCUT2D eigenvalue weighted by atomic mass is 10.0. The molecule has 1 N–H and O–H groups in total. The molecule has 0 fully saturated rings. The van der Waals surface area contributed by atoms with Gasteiger partial charge in [-0.3, -0.25) is 4.79 Å². The molecule has 0 aromatic heterocycles. The summed E-state index contributed by atoms with van der Waals surface area (Å²) in [4.78, 5) is 13.5. The highest BCUT2D eigenvalue weighted by Crippen LogP contribution is 2.27. The first-order chi connectivity index (χ1) is 12.6. The van der Waals surface area contributed by atoms with Crippen LogP contribution in [0.1, 0.15) is 24.1 Å². The number of methoxy groups -OCH3 is 1. The molecular formula is C22H23NO2S. The molecule has 0 saturated heterocycles. The molecule has 0 aliphatic rings. The highest BCUT2D eigenvalue weighted by Gasteiger charge is 2.14. The van der Waals surface area contributed by atoms with E-state index in [1.54, 1.807) is 18.9 Å². The van der Waals surface area contributed by atoms with Crippen LogP contribution in [0, 0.1) is 6.92 Å². The monoisotopic (exact) mass is 365 g/mol. The van der Waals surface area contributed by atoms with Gasteiger partial charge in [-0.25, -0.2) is 0 Å². The summed E-state index contributed by atoms with van der Waals surface area (Å²) in [6.45, 7) is 4.02. The Morgan fingerprint density at radius 2 is 1.85 bits per heavy atom. The van der Waals surface area contributed by atoms with Gasteiger partial charge in [0.05, 0.1) is 18.9 Å². The molecule has 0 heterocycles. The van der Waals surface area contributed by atoms with Crippen LogP contribution in [-0.4, -0.2) is 18.8 Å². The van der Waals surface area contributed by atoms with Gasteiger partial charge in [0.25, 0.3) is 0 Å². The minimum atomic E-state index is -0.102. The summed E-state index contributed by atoms with van der Waals surface area (Å²) in [6, 6.07) is 20.4. The standard InChI is InChI=1S/C22H23NO2S/c1-15-8-11-21(25-3)20(12-15)16(2)23-22(24)14-26-19-10-9-17-6-4-5-7-18(17)13-19/h4-13,16H,14H2,1-3H3,(H,23,24)/t16-/m0/s1. The van der Waals surface area contributed by atoms with E-state index in [-0.39, 0.29) is 11.9 Å². The molecule has 3 nitrogen and oxygen atoms in total. The van der Waals surface area contributed by atoms with Crippen LogP contribution in [0.25, 0.3) is 10.8 Å². The van der Waals surface area contributed by atoms with Crippen molar-refractivity contribution >= 4 is 28.4 Å². The molecule has 0 aliphatic carbocycles. The van der Waals surface area contributed by atoms with Crippen LogP contribution < -0.4 is 10.1 Å². The molecule has 1 atom stereocenters. The zero-order valence-corrected chi connectivity index (χ0v) is 16.1. The van der Waals surface area contributed by atoms with E-state index in [1.807, 2.05) is 38.1 Å². The molecule has 0 unspecified atom stereocenters. The molecule has 4 heteroatoms. The summed E-state index contributed by atoms with van der Waals surface area (Å²) in [5.41, 5.74) is 2.14. The Morgan fingerprint density at radius 3 is 2.62 bits per heavy atom. The van der Waals surface area contributed by atoms with Crippen molar-refractivity contribution in [2.24, 2.45) is 0 Å². The van der Waals surface area contributed by atoms with Gasteiger partial charge in [0, 0.05) is 10.5 Å². The van der Waals surface area contributed by atoms with E-state index in [2.05, 4.69) is 41.7 Å². The molecule has 0 aliphatic heterocycles. The second-order valence-electron chi connectivity index (χ2n) is 6.33. The maximum absolute atomic E-state index is 12.4. The molecule has 0 radical (unpaired) electrons. The maximum atomic E-state index is 12.4. The third-order valence-corrected chi connectivity index (χ3v) is 5.31. The molecular weight excluding hydrogens is 342 g/mol. The highest BCUT2D eigenvalue weighted by molar-refractivity contribution is 8.00. The number of ether oxygens (including phenoxy) is 1. The van der Waals surface area contributed by atoms with Gasteiger partial charge in [-0.2, -0.15) is 0 Å². The predicted molar refractivity (Wildman–Crippen MR) is 109 cm³/mol. The number of fused-ring (bicyclic) bond motifs is 1. The fourth-order valence-corrected chi connectivity index (χ4v) is 3.71. The van der Waals surface area contributed by atoms with Crippen molar-refractivity contribution in [1.82, 2.24) is 5.32 Å². The third kappa shape index (κ3) is 4.38. The van der Waals surface area contributed by atoms with Crippen molar-refractivity contribution < 1.29 is 9.53 Å². The summed E-state index contributed by atoms with van der Waals surface area (Å²) < 4.78 is 5.42. The van der Waals surface area contributed by atoms with Gasteiger partial charge in [-0.1, -0.05) is 48.0 Å². The molecule has 1 amide bonds. The third-order valence-electron chi connectivity index (χ3n) is 4.32. The smallest absolute Gasteiger partial charge is 0.230 e. The fourth-order valence-electron chi connectivity index (χ4n) is 2.96. The SMILES string of the molecule is COc1ccc(C)cc1[C@H](C)NC(=O)CSc1ccc2ccccc2c1. The van der Waals surface area contributed by atoms with Crippen molar-refractivity contribution in [3.8, 4) is 5.75 Å². The van der Waals surface area contributed by atoms with Gasteiger partial charge in [0.2, 0.25) is 5.91 Å². The van der Waals surface area contributed by atoms with E-state index >= 15 is 0 Å². The molecule has 3 aromatic rings. The number of nitrogens with one attached hydrogen (secondary N) is 1. The van der Waals surface area contributed by atoms with Crippen LogP contribution >= 0.6 is 11.8 Å². The van der Waals surface area contributed by atoms with Gasteiger partial charge in [0.1, 0.15) is 5.75 Å². The molecule has 0 saturated carbocycles. The van der Waals surface area contributed by atoms with E-state index in [0.29, 0.717) is 5.75 Å². The van der Waals surface area contributed by atoms with Crippen LogP contribution in [0.2, 0.25) is 0 Å². The fraction of sp³-hybridized carbons (Fsp3) is 0.227. The van der Waals surface area contributed by atoms with E-state index in [4.69, 9.17) is 4.74 Å². The lowest BCUT2D eigenvalue weighted by Crippen LogP contribution is -2.28. The van der Waals surface area contributed by atoms with Crippen molar-refractivity contribution in [1.29, 1.82) is 0 Å². The summed E-state index contributed by atoms with van der Waals surface area (Å²) in [6.07, 6.45) is 0. The molecule has 0 bridgehead atoms. The highest BCUT2D eigenvalue weighted by atomic mass is 32.2. The van der Waals surface area contributed by atoms with Crippen LogP contribution in [0.15, 0.2) is 65.6 Å². The van der Waals surface area contributed by atoms with Gasteiger partial charge >= 0.3 is 0 Å². The minimum Gasteiger partial charge on any atom is -0.496 e. The predicted octanol–water partition coefficient (Wildman–Crippen LogP) is 5.13. The zero-order chi connectivity index (χ0) is 18.5. The second kappa shape index (κ2) is 8.28. The summed E-state index contributed by atoms with van der Waals surface area (Å²) in [5, 5.41) is 5.47. The number of hydrogen-bond acceptors (Lipinski definition) is 3. The van der Waals surface area contributed by atoms with Gasteiger partial charge < -0.3 is 10.1 Å². The van der Waals surface area contributed by atoms with Crippen molar-refractivity contribution in [3.05, 3.63) is 71.8 Å². The van der Waals surface area contributed by atoms with E-state index in [9.17, 15) is 4.79 Å². The van der Waals surface area contributed by atoms with Crippen LogP contribution in [0.3, 0.4) is 0 Å². The van der Waals surface area contributed by atoms with E-state index < -0.39 is 0 Å². The number of benzene rings is 3. The Balaban J connectivity index is 1.62. The first-order valence-corrected chi connectivity index (χ1v) is 9.61. The normalized spacial score (nSPS) is 12.0. The van der Waals surface area contributed by atoms with Crippen LogP contribution in [0.5, 0.6) is 5.75 Å². The van der Waals surface area contributed by atoms with Crippen LogP contribution in [0.4, 0.5) is 0 Å². The van der Waals surface area contributed by atoms with Crippen molar-refractivity contribution in [3.63, 3.8) is 0 Å². The van der Waals surface area contributed by atoms with E-state index in [1.165, 1.54) is 10.8 Å². The summed E-state index contributed by atoms with van der Waals surface area (Å²) in [5.74, 6) is 1.20. The van der Waals surface area contributed by atoms with Gasteiger partial charge in [0.15, 0.2) is 0 Å². The Kier molecular flexibility index (Phi) is 5.84. The Morgan fingerprint density at radius 1 is 1.08 bits per heavy atom. The maximum Gasteiger partial charge on any atom is 0.230 e. The lowest BCUT2D eigenvalue weighted by Gasteiger charge is -2.18. The number of aryl methyl sites for hydroxylation is 1. The van der Waals surface area contributed by atoms with E-state index in [0.717, 1.165) is 21.8 Å². The zero-order valence-electron chi connectivity index (χ0n) is 15.3. The van der Waals surface area contributed by atoms with Gasteiger partial charge in [-0.15, -0.1) is 11.8 Å². The molecule has 3 aromatic carbocycles. The number of thioether (sulfide) groups is 1. The number of carbonyl (C=O) groups excluding carboxylic acids is 1. The number of amides is 1. The molecule has 3 rings (SSSR count). The molecule has 0 spiro atoms. The van der Waals surface area contributed by atoms with Crippen molar-refractivity contribution in [2.75, 3.05) is 12.9 Å². The average Bonchev–Trinajstić information content (AvgIpc) is 2.66. The second-order valence-corrected chi connectivity index (χ2v) is 7.38. The summed E-state index contributed by atoms with van der Waals surface area (Å²) >= 11 is 1.55. The molecule has 134 valence electrons. The Bertz CT molecular complexity index is 923. The number of carbonyl (C=O) groups is 1. The van der Waals surface area contributed by atoms with Crippen molar-refractivity contribution in [2.45, 2.75) is 24.8 Å².